The lowest BCUT2D eigenvalue weighted by Crippen LogP contribution is -2.29. The second-order valence-electron chi connectivity index (χ2n) is 4.66. The molecule has 0 fully saturated rings. The summed E-state index contributed by atoms with van der Waals surface area (Å²) in [6.45, 7) is 6.81. The van der Waals surface area contributed by atoms with Gasteiger partial charge in [-0.1, -0.05) is 33.1 Å². The zero-order valence-corrected chi connectivity index (χ0v) is 12.0. The highest BCUT2D eigenvalue weighted by atomic mass is 16.5. The van der Waals surface area contributed by atoms with E-state index in [1.165, 1.54) is 26.2 Å². The molecular weight excluding hydrogens is 230 g/mol. The third-order valence-electron chi connectivity index (χ3n) is 2.98. The first-order chi connectivity index (χ1) is 8.60. The molecule has 1 N–H and O–H groups in total. The van der Waals surface area contributed by atoms with Crippen molar-refractivity contribution in [1.29, 1.82) is 0 Å². The molecule has 1 atom stereocenters. The molecule has 0 aromatic rings. The van der Waals surface area contributed by atoms with Crippen LogP contribution in [0.15, 0.2) is 0 Å². The molecule has 0 saturated heterocycles. The number of amides is 1. The second kappa shape index (κ2) is 11.1. The fraction of sp³-hybridized carbons (Fsp3) is 0.857. The molecule has 0 rings (SSSR count). The number of hydrogen-bond acceptors (Lipinski definition) is 3. The first kappa shape index (κ1) is 16.9. The number of esters is 1. The van der Waals surface area contributed by atoms with Gasteiger partial charge in [-0.25, -0.2) is 0 Å². The Hall–Kier alpha value is -1.06. The third kappa shape index (κ3) is 10.1. The van der Waals surface area contributed by atoms with Gasteiger partial charge in [0.05, 0.1) is 6.61 Å². The van der Waals surface area contributed by atoms with Crippen molar-refractivity contribution in [2.24, 2.45) is 5.92 Å². The molecule has 0 heterocycles. The molecule has 0 aromatic carbocycles. The van der Waals surface area contributed by atoms with Crippen molar-refractivity contribution in [3.63, 3.8) is 0 Å². The SMILES string of the molecule is CCCCC(CC)CNC(=O)CCCOC(C)=O. The standard InChI is InChI=1S/C14H27NO3/c1-4-6-8-13(5-2)11-15-14(17)9-7-10-18-12(3)16/h13H,4-11H2,1-3H3,(H,15,17). The first-order valence-electron chi connectivity index (χ1n) is 7.00. The van der Waals surface area contributed by atoms with Gasteiger partial charge in [-0.05, 0) is 18.8 Å². The van der Waals surface area contributed by atoms with Crippen LogP contribution in [0.5, 0.6) is 0 Å². The molecule has 0 saturated carbocycles. The highest BCUT2D eigenvalue weighted by Crippen LogP contribution is 2.11. The third-order valence-corrected chi connectivity index (χ3v) is 2.98. The Balaban J connectivity index is 3.58. The van der Waals surface area contributed by atoms with Crippen molar-refractivity contribution in [2.75, 3.05) is 13.2 Å². The number of hydrogen-bond donors (Lipinski definition) is 1. The summed E-state index contributed by atoms with van der Waals surface area (Å²) < 4.78 is 4.77. The van der Waals surface area contributed by atoms with Crippen molar-refractivity contribution in [2.45, 2.75) is 59.3 Å². The molecule has 0 aromatic heterocycles. The van der Waals surface area contributed by atoms with Gasteiger partial charge in [0.15, 0.2) is 0 Å². The fourth-order valence-corrected chi connectivity index (χ4v) is 1.74. The lowest BCUT2D eigenvalue weighted by Gasteiger charge is -2.15. The van der Waals surface area contributed by atoms with E-state index in [9.17, 15) is 9.59 Å². The maximum absolute atomic E-state index is 11.5. The lowest BCUT2D eigenvalue weighted by molar-refractivity contribution is -0.141. The molecule has 1 amide bonds. The van der Waals surface area contributed by atoms with Gasteiger partial charge in [-0.3, -0.25) is 9.59 Å². The van der Waals surface area contributed by atoms with Gasteiger partial charge in [0.25, 0.3) is 0 Å². The van der Waals surface area contributed by atoms with Crippen LogP contribution in [0.3, 0.4) is 0 Å². The van der Waals surface area contributed by atoms with E-state index in [1.807, 2.05) is 0 Å². The minimum atomic E-state index is -0.291. The Kier molecular flexibility index (Phi) is 10.4. The first-order valence-corrected chi connectivity index (χ1v) is 7.00. The van der Waals surface area contributed by atoms with Crippen molar-refractivity contribution >= 4 is 11.9 Å². The minimum absolute atomic E-state index is 0.0529. The lowest BCUT2D eigenvalue weighted by atomic mass is 9.99. The number of nitrogens with one attached hydrogen (secondary N) is 1. The molecule has 0 radical (unpaired) electrons. The van der Waals surface area contributed by atoms with E-state index in [4.69, 9.17) is 4.74 Å². The van der Waals surface area contributed by atoms with Crippen LogP contribution in [0.2, 0.25) is 0 Å². The molecule has 1 unspecified atom stereocenters. The number of carbonyl (C=O) groups excluding carboxylic acids is 2. The summed E-state index contributed by atoms with van der Waals surface area (Å²) in [4.78, 5) is 22.1. The maximum atomic E-state index is 11.5. The number of rotatable bonds is 10. The Morgan fingerprint density at radius 3 is 2.50 bits per heavy atom. The van der Waals surface area contributed by atoms with Crippen LogP contribution < -0.4 is 5.32 Å². The van der Waals surface area contributed by atoms with Gasteiger partial charge in [-0.2, -0.15) is 0 Å². The van der Waals surface area contributed by atoms with Crippen LogP contribution in [0.25, 0.3) is 0 Å². The highest BCUT2D eigenvalue weighted by molar-refractivity contribution is 5.75. The van der Waals surface area contributed by atoms with Crippen LogP contribution >= 0.6 is 0 Å². The second-order valence-corrected chi connectivity index (χ2v) is 4.66. The molecule has 4 heteroatoms. The molecule has 4 nitrogen and oxygen atoms in total. The summed E-state index contributed by atoms with van der Waals surface area (Å²) in [6.07, 6.45) is 5.73. The Labute approximate surface area is 110 Å². The minimum Gasteiger partial charge on any atom is -0.466 e. The predicted octanol–water partition coefficient (Wildman–Crippen LogP) is 2.66. The summed E-state index contributed by atoms with van der Waals surface area (Å²) in [6, 6.07) is 0. The Morgan fingerprint density at radius 1 is 1.22 bits per heavy atom. The summed E-state index contributed by atoms with van der Waals surface area (Å²) in [5.41, 5.74) is 0. The van der Waals surface area contributed by atoms with Crippen LogP contribution in [-0.4, -0.2) is 25.0 Å². The largest absolute Gasteiger partial charge is 0.466 e. The van der Waals surface area contributed by atoms with E-state index in [1.54, 1.807) is 0 Å². The van der Waals surface area contributed by atoms with Gasteiger partial charge >= 0.3 is 5.97 Å². The zero-order valence-electron chi connectivity index (χ0n) is 12.0. The molecule has 0 aliphatic rings. The Bertz CT molecular complexity index is 241. The molecule has 106 valence electrons. The highest BCUT2D eigenvalue weighted by Gasteiger charge is 2.08. The van der Waals surface area contributed by atoms with Crippen molar-refractivity contribution in [3.8, 4) is 0 Å². The van der Waals surface area contributed by atoms with E-state index < -0.39 is 0 Å². The topological polar surface area (TPSA) is 55.4 Å². The van der Waals surface area contributed by atoms with Crippen LogP contribution in [0.4, 0.5) is 0 Å². The van der Waals surface area contributed by atoms with Gasteiger partial charge in [-0.15, -0.1) is 0 Å². The molecule has 0 aliphatic heterocycles. The molecule has 0 bridgehead atoms. The normalized spacial score (nSPS) is 11.9. The average molecular weight is 257 g/mol. The van der Waals surface area contributed by atoms with Crippen molar-refractivity contribution in [1.82, 2.24) is 5.32 Å². The number of ether oxygens (including phenoxy) is 1. The van der Waals surface area contributed by atoms with Gasteiger partial charge in [0, 0.05) is 19.9 Å². The fourth-order valence-electron chi connectivity index (χ4n) is 1.74. The average Bonchev–Trinajstić information content (AvgIpc) is 2.34. The summed E-state index contributed by atoms with van der Waals surface area (Å²) in [5, 5.41) is 2.95. The van der Waals surface area contributed by atoms with Crippen molar-refractivity contribution in [3.05, 3.63) is 0 Å². The molecule has 18 heavy (non-hydrogen) atoms. The van der Waals surface area contributed by atoms with Crippen LogP contribution in [0, 0.1) is 5.92 Å². The van der Waals surface area contributed by atoms with E-state index >= 15 is 0 Å². The summed E-state index contributed by atoms with van der Waals surface area (Å²) in [7, 11) is 0. The molecular formula is C14H27NO3. The zero-order chi connectivity index (χ0) is 13.8. The summed E-state index contributed by atoms with van der Waals surface area (Å²) in [5.74, 6) is 0.348. The van der Waals surface area contributed by atoms with Crippen LogP contribution in [-0.2, 0) is 14.3 Å². The van der Waals surface area contributed by atoms with Gasteiger partial charge in [0.1, 0.15) is 0 Å². The monoisotopic (exact) mass is 257 g/mol. The van der Waals surface area contributed by atoms with Gasteiger partial charge < -0.3 is 10.1 Å². The van der Waals surface area contributed by atoms with Gasteiger partial charge in [0.2, 0.25) is 5.91 Å². The predicted molar refractivity (Wildman–Crippen MR) is 72.2 cm³/mol. The quantitative estimate of drug-likeness (QED) is 0.483. The van der Waals surface area contributed by atoms with E-state index in [2.05, 4.69) is 19.2 Å². The summed E-state index contributed by atoms with van der Waals surface area (Å²) >= 11 is 0. The smallest absolute Gasteiger partial charge is 0.302 e. The number of unbranched alkanes of at least 4 members (excludes halogenated alkanes) is 1. The van der Waals surface area contributed by atoms with E-state index in [-0.39, 0.29) is 11.9 Å². The molecule has 0 aliphatic carbocycles. The molecule has 0 spiro atoms. The van der Waals surface area contributed by atoms with Crippen LogP contribution in [0.1, 0.15) is 59.3 Å². The number of carbonyl (C=O) groups is 2. The van der Waals surface area contributed by atoms with Crippen molar-refractivity contribution < 1.29 is 14.3 Å². The maximum Gasteiger partial charge on any atom is 0.302 e. The van der Waals surface area contributed by atoms with E-state index in [0.29, 0.717) is 25.4 Å². The Morgan fingerprint density at radius 2 is 1.94 bits per heavy atom. The van der Waals surface area contributed by atoms with E-state index in [0.717, 1.165) is 13.0 Å².